The molecule has 208 valence electrons. The molecule has 1 atom stereocenters. The van der Waals surface area contributed by atoms with Crippen molar-refractivity contribution in [3.05, 3.63) is 130 Å². The van der Waals surface area contributed by atoms with Gasteiger partial charge in [-0.15, -0.1) is 0 Å². The van der Waals surface area contributed by atoms with Crippen LogP contribution in [0.1, 0.15) is 11.1 Å². The van der Waals surface area contributed by atoms with Crippen LogP contribution in [0.2, 0.25) is 0 Å². The number of methoxy groups -OCH3 is 1. The summed E-state index contributed by atoms with van der Waals surface area (Å²) in [5.41, 5.74) is 1.13. The number of nitro groups is 1. The number of nitrogens with one attached hydrogen (secondary N) is 2. The minimum Gasteiger partial charge on any atom is -0.367 e. The first-order valence-electron chi connectivity index (χ1n) is 13.3. The number of rotatable bonds is 9. The van der Waals surface area contributed by atoms with Gasteiger partial charge in [-0.3, -0.25) is 10.1 Å². The number of hydrogen-bond donors (Lipinski definition) is 2. The summed E-state index contributed by atoms with van der Waals surface area (Å²) >= 11 is 0. The fourth-order valence-corrected chi connectivity index (χ4v) is 5.42. The van der Waals surface area contributed by atoms with E-state index in [9.17, 15) is 14.9 Å². The summed E-state index contributed by atoms with van der Waals surface area (Å²) in [6.45, 7) is 0.459. The zero-order chi connectivity index (χ0) is 29.0. The third-order valence-electron chi connectivity index (χ3n) is 7.36. The van der Waals surface area contributed by atoms with Crippen molar-refractivity contribution >= 4 is 39.0 Å². The lowest BCUT2D eigenvalue weighted by Crippen LogP contribution is -2.57. The number of urea groups is 1. The van der Waals surface area contributed by atoms with Crippen LogP contribution in [0.3, 0.4) is 0 Å². The van der Waals surface area contributed by atoms with Gasteiger partial charge in [0.1, 0.15) is 5.60 Å². The fourth-order valence-electron chi connectivity index (χ4n) is 5.42. The molecule has 0 fully saturated rings. The largest absolute Gasteiger partial charge is 0.367 e. The van der Waals surface area contributed by atoms with Gasteiger partial charge in [0.05, 0.1) is 11.0 Å². The van der Waals surface area contributed by atoms with Gasteiger partial charge in [-0.25, -0.2) is 4.79 Å². The van der Waals surface area contributed by atoms with Crippen LogP contribution in [0.15, 0.2) is 109 Å². The molecule has 0 unspecified atom stereocenters. The molecule has 5 aromatic rings. The summed E-state index contributed by atoms with van der Waals surface area (Å²) in [5.74, 6) is 0. The minimum absolute atomic E-state index is 0.0487. The normalized spacial score (nSPS) is 12.4. The number of nitrogens with zero attached hydrogens (tertiary/aromatic N) is 2. The number of carbonyl (C=O) groups excluding carboxylic acids is 1. The molecular weight excluding hydrogens is 516 g/mol. The van der Waals surface area contributed by atoms with Crippen LogP contribution >= 0.6 is 0 Å². The summed E-state index contributed by atoms with van der Waals surface area (Å²) in [5, 5.41) is 21.4. The number of likely N-dealkylation sites (N-methyl/N-ethyl adjacent to an activating group) is 1. The molecule has 5 rings (SSSR count). The molecule has 0 aromatic heterocycles. The molecule has 2 amide bonds. The number of carbonyl (C=O) groups is 1. The van der Waals surface area contributed by atoms with Gasteiger partial charge in [0.2, 0.25) is 0 Å². The zero-order valence-electron chi connectivity index (χ0n) is 23.2. The number of benzene rings is 5. The standard InChI is InChI=1S/C33H32N4O4/c1-36(2)22-31(35-32(38)34-29-16-18-30(19-17-29)37(39)40)33(41-3,27-14-12-23-8-4-6-10-25(23)20-27)28-15-13-24-9-5-7-11-26(24)21-28/h4-21,31H,22H2,1-3H3,(H2,34,35,38)/t31-/m1/s1. The van der Waals surface area contributed by atoms with E-state index in [2.05, 4.69) is 71.3 Å². The number of hydrogen-bond acceptors (Lipinski definition) is 5. The molecule has 41 heavy (non-hydrogen) atoms. The number of fused-ring (bicyclic) bond motifs is 2. The second-order valence-electron chi connectivity index (χ2n) is 10.3. The van der Waals surface area contributed by atoms with Crippen molar-refractivity contribution < 1.29 is 14.5 Å². The van der Waals surface area contributed by atoms with Crippen molar-refractivity contribution in [1.29, 1.82) is 0 Å². The molecule has 0 spiro atoms. The highest BCUT2D eigenvalue weighted by atomic mass is 16.6. The smallest absolute Gasteiger partial charge is 0.319 e. The monoisotopic (exact) mass is 548 g/mol. The summed E-state index contributed by atoms with van der Waals surface area (Å²) in [7, 11) is 5.57. The molecule has 8 heteroatoms. The molecule has 0 aliphatic heterocycles. The summed E-state index contributed by atoms with van der Waals surface area (Å²) in [4.78, 5) is 26.0. The fraction of sp³-hybridized carbons (Fsp3) is 0.182. The predicted molar refractivity (Wildman–Crippen MR) is 163 cm³/mol. The van der Waals surface area contributed by atoms with Crippen molar-refractivity contribution in [2.75, 3.05) is 33.1 Å². The molecule has 0 radical (unpaired) electrons. The highest BCUT2D eigenvalue weighted by Gasteiger charge is 2.44. The van der Waals surface area contributed by atoms with E-state index in [0.29, 0.717) is 12.2 Å². The lowest BCUT2D eigenvalue weighted by molar-refractivity contribution is -0.384. The Labute approximate surface area is 238 Å². The van der Waals surface area contributed by atoms with Crippen molar-refractivity contribution in [2.24, 2.45) is 0 Å². The van der Waals surface area contributed by atoms with Crippen LogP contribution < -0.4 is 10.6 Å². The summed E-state index contributed by atoms with van der Waals surface area (Å²) in [6.07, 6.45) is 0. The molecule has 8 nitrogen and oxygen atoms in total. The van der Waals surface area contributed by atoms with E-state index >= 15 is 0 Å². The molecule has 0 aliphatic rings. The van der Waals surface area contributed by atoms with Gasteiger partial charge >= 0.3 is 6.03 Å². The number of ether oxygens (including phenoxy) is 1. The van der Waals surface area contributed by atoms with Gasteiger partial charge in [-0.05, 0) is 71.0 Å². The Bertz CT molecular complexity index is 1620. The van der Waals surface area contributed by atoms with E-state index in [-0.39, 0.29) is 5.69 Å². The van der Waals surface area contributed by atoms with E-state index < -0.39 is 22.6 Å². The Balaban J connectivity index is 1.61. The van der Waals surface area contributed by atoms with Crippen LogP contribution in [0.4, 0.5) is 16.2 Å². The molecule has 0 aliphatic carbocycles. The van der Waals surface area contributed by atoms with E-state index in [1.807, 2.05) is 43.3 Å². The van der Waals surface area contributed by atoms with Crippen LogP contribution in [-0.2, 0) is 10.3 Å². The first kappa shape index (κ1) is 27.8. The number of anilines is 1. The number of amides is 2. The van der Waals surface area contributed by atoms with Crippen LogP contribution in [0.5, 0.6) is 0 Å². The molecule has 0 saturated carbocycles. The second-order valence-corrected chi connectivity index (χ2v) is 10.3. The van der Waals surface area contributed by atoms with Gasteiger partial charge in [0, 0.05) is 31.5 Å². The summed E-state index contributed by atoms with van der Waals surface area (Å²) < 4.78 is 6.52. The van der Waals surface area contributed by atoms with Crippen molar-refractivity contribution in [2.45, 2.75) is 11.6 Å². The molecule has 0 bridgehead atoms. The van der Waals surface area contributed by atoms with Crippen molar-refractivity contribution in [3.8, 4) is 0 Å². The van der Waals surface area contributed by atoms with Crippen LogP contribution in [-0.4, -0.2) is 49.6 Å². The topological polar surface area (TPSA) is 96.7 Å². The quantitative estimate of drug-likeness (QED) is 0.161. The third-order valence-corrected chi connectivity index (χ3v) is 7.36. The maximum atomic E-state index is 13.4. The lowest BCUT2D eigenvalue weighted by Gasteiger charge is -2.42. The maximum absolute atomic E-state index is 13.4. The molecule has 2 N–H and O–H groups in total. The Kier molecular flexibility index (Phi) is 7.96. The van der Waals surface area contributed by atoms with E-state index in [4.69, 9.17) is 4.74 Å². The molecule has 0 saturated heterocycles. The Morgan fingerprint density at radius 1 is 0.829 bits per heavy atom. The van der Waals surface area contributed by atoms with Crippen LogP contribution in [0.25, 0.3) is 21.5 Å². The Morgan fingerprint density at radius 3 is 1.80 bits per heavy atom. The average molecular weight is 549 g/mol. The SMILES string of the molecule is COC(c1ccc2ccccc2c1)(c1ccc2ccccc2c1)[C@@H](CN(C)C)NC(=O)Nc1ccc([N+](=O)[O-])cc1. The maximum Gasteiger partial charge on any atom is 0.319 e. The van der Waals surface area contributed by atoms with Gasteiger partial charge in [-0.2, -0.15) is 0 Å². The second kappa shape index (κ2) is 11.8. The number of non-ortho nitro benzene ring substituents is 1. The van der Waals surface area contributed by atoms with Gasteiger partial charge in [-0.1, -0.05) is 72.8 Å². The van der Waals surface area contributed by atoms with Gasteiger partial charge in [0.25, 0.3) is 5.69 Å². The first-order chi connectivity index (χ1) is 19.8. The number of nitro benzene ring substituents is 1. The first-order valence-corrected chi connectivity index (χ1v) is 13.3. The van der Waals surface area contributed by atoms with E-state index in [1.54, 1.807) is 7.11 Å². The highest BCUT2D eigenvalue weighted by Crippen LogP contribution is 2.39. The Morgan fingerprint density at radius 2 is 1.34 bits per heavy atom. The molecular formula is C33H32N4O4. The summed E-state index contributed by atoms with van der Waals surface area (Å²) in [6, 6.07) is 33.5. The predicted octanol–water partition coefficient (Wildman–Crippen LogP) is 6.54. The van der Waals surface area contributed by atoms with Gasteiger partial charge in [0.15, 0.2) is 0 Å². The Hall–Kier alpha value is -4.79. The van der Waals surface area contributed by atoms with E-state index in [0.717, 1.165) is 32.7 Å². The molecule has 5 aromatic carbocycles. The minimum atomic E-state index is -1.06. The lowest BCUT2D eigenvalue weighted by atomic mass is 9.78. The van der Waals surface area contributed by atoms with Crippen molar-refractivity contribution in [1.82, 2.24) is 10.2 Å². The van der Waals surface area contributed by atoms with Crippen molar-refractivity contribution in [3.63, 3.8) is 0 Å². The van der Waals surface area contributed by atoms with Crippen LogP contribution in [0, 0.1) is 10.1 Å². The third kappa shape index (κ3) is 5.75. The average Bonchev–Trinajstić information content (AvgIpc) is 2.97. The highest BCUT2D eigenvalue weighted by molar-refractivity contribution is 5.90. The van der Waals surface area contributed by atoms with E-state index in [1.165, 1.54) is 24.3 Å². The zero-order valence-corrected chi connectivity index (χ0v) is 23.2. The van der Waals surface area contributed by atoms with Gasteiger partial charge < -0.3 is 20.3 Å². The molecule has 0 heterocycles.